The molecule has 0 amide bonds. The van der Waals surface area contributed by atoms with Crippen LogP contribution >= 0.6 is 34.7 Å². The van der Waals surface area contributed by atoms with Crippen molar-refractivity contribution >= 4 is 44.9 Å². The summed E-state index contributed by atoms with van der Waals surface area (Å²) in [6.07, 6.45) is 0. The van der Waals surface area contributed by atoms with Crippen LogP contribution in [0.3, 0.4) is 0 Å². The Labute approximate surface area is 148 Å². The number of nitrogens with zero attached hydrogens (tertiary/aromatic N) is 3. The van der Waals surface area contributed by atoms with Crippen molar-refractivity contribution in [3.8, 4) is 11.4 Å². The van der Waals surface area contributed by atoms with Crippen LogP contribution in [0.5, 0.6) is 0 Å². The number of aromatic amines is 1. The molecule has 0 unspecified atom stereocenters. The highest BCUT2D eigenvalue weighted by molar-refractivity contribution is 7.98. The summed E-state index contributed by atoms with van der Waals surface area (Å²) >= 11 is 8.67. The Bertz CT molecular complexity index is 1070. The third kappa shape index (κ3) is 3.08. The Morgan fingerprint density at radius 2 is 2.21 bits per heavy atom. The Balaban J connectivity index is 1.52. The van der Waals surface area contributed by atoms with Crippen molar-refractivity contribution in [2.45, 2.75) is 10.9 Å². The van der Waals surface area contributed by atoms with E-state index in [0.29, 0.717) is 37.9 Å². The first kappa shape index (κ1) is 15.4. The van der Waals surface area contributed by atoms with Gasteiger partial charge in [-0.1, -0.05) is 40.7 Å². The fraction of sp³-hybridized carbons (Fsp3) is 0.0667. The normalized spacial score (nSPS) is 11.2. The number of aromatic nitrogens is 4. The number of rotatable bonds is 4. The minimum atomic E-state index is -0.136. The molecule has 3 heterocycles. The average Bonchev–Trinajstić information content (AvgIpc) is 3.22. The number of thiophene rings is 1. The third-order valence-electron chi connectivity index (χ3n) is 3.18. The predicted molar refractivity (Wildman–Crippen MR) is 94.5 cm³/mol. The minimum Gasteiger partial charge on any atom is -0.338 e. The van der Waals surface area contributed by atoms with Gasteiger partial charge in [-0.15, -0.1) is 11.3 Å². The average molecular weight is 377 g/mol. The van der Waals surface area contributed by atoms with Crippen molar-refractivity contribution in [1.29, 1.82) is 0 Å². The molecule has 4 aromatic rings. The standard InChI is InChI=1S/C15H9ClN4O2S2/c16-9-3-1-2-8(6-9)13-18-11(22-20-13)7-24-15-17-10-4-5-23-12(10)14(21)19-15/h1-6H,7H2,(H,17,19,21). The Kier molecular flexibility index (Phi) is 4.09. The molecular formula is C15H9ClN4O2S2. The first-order chi connectivity index (χ1) is 11.7. The van der Waals surface area contributed by atoms with Crippen molar-refractivity contribution in [2.24, 2.45) is 0 Å². The second-order valence-corrected chi connectivity index (χ2v) is 7.13. The molecule has 0 aliphatic heterocycles. The maximum Gasteiger partial charge on any atom is 0.269 e. The van der Waals surface area contributed by atoms with E-state index in [-0.39, 0.29) is 5.56 Å². The summed E-state index contributed by atoms with van der Waals surface area (Å²) in [5.41, 5.74) is 1.34. The molecule has 3 aromatic heterocycles. The Morgan fingerprint density at radius 3 is 3.08 bits per heavy atom. The van der Waals surface area contributed by atoms with Gasteiger partial charge in [0, 0.05) is 10.6 Å². The van der Waals surface area contributed by atoms with E-state index >= 15 is 0 Å². The number of thioether (sulfide) groups is 1. The molecule has 0 bridgehead atoms. The van der Waals surface area contributed by atoms with Crippen LogP contribution in [-0.4, -0.2) is 20.1 Å². The molecule has 1 N–H and O–H groups in total. The lowest BCUT2D eigenvalue weighted by Gasteiger charge is -1.97. The highest BCUT2D eigenvalue weighted by Gasteiger charge is 2.11. The highest BCUT2D eigenvalue weighted by atomic mass is 35.5. The van der Waals surface area contributed by atoms with E-state index in [1.165, 1.54) is 23.1 Å². The highest BCUT2D eigenvalue weighted by Crippen LogP contribution is 2.24. The van der Waals surface area contributed by atoms with Gasteiger partial charge in [-0.3, -0.25) is 4.79 Å². The first-order valence-electron chi connectivity index (χ1n) is 6.88. The van der Waals surface area contributed by atoms with Gasteiger partial charge in [0.05, 0.1) is 11.3 Å². The predicted octanol–water partition coefficient (Wildman–Crippen LogP) is 3.98. The van der Waals surface area contributed by atoms with E-state index in [1.807, 2.05) is 23.6 Å². The number of hydrogen-bond donors (Lipinski definition) is 1. The van der Waals surface area contributed by atoms with Gasteiger partial charge in [-0.05, 0) is 23.6 Å². The van der Waals surface area contributed by atoms with Gasteiger partial charge in [0.1, 0.15) is 4.70 Å². The lowest BCUT2D eigenvalue weighted by molar-refractivity contribution is 0.391. The maximum atomic E-state index is 11.9. The summed E-state index contributed by atoms with van der Waals surface area (Å²) < 4.78 is 5.87. The molecule has 0 radical (unpaired) electrons. The molecule has 0 atom stereocenters. The molecular weight excluding hydrogens is 368 g/mol. The molecule has 120 valence electrons. The van der Waals surface area contributed by atoms with Crippen LogP contribution in [-0.2, 0) is 5.75 Å². The molecule has 9 heteroatoms. The molecule has 0 saturated heterocycles. The molecule has 24 heavy (non-hydrogen) atoms. The van der Waals surface area contributed by atoms with Crippen LogP contribution < -0.4 is 5.56 Å². The Morgan fingerprint density at radius 1 is 1.29 bits per heavy atom. The molecule has 0 spiro atoms. The van der Waals surface area contributed by atoms with Crippen LogP contribution in [0.4, 0.5) is 0 Å². The molecule has 0 aliphatic rings. The topological polar surface area (TPSA) is 84.7 Å². The second-order valence-electron chi connectivity index (χ2n) is 4.82. The fourth-order valence-corrected chi connectivity index (χ4v) is 3.73. The smallest absolute Gasteiger partial charge is 0.269 e. The first-order valence-corrected chi connectivity index (χ1v) is 9.12. The number of halogens is 1. The van der Waals surface area contributed by atoms with Crippen LogP contribution in [0.1, 0.15) is 5.89 Å². The summed E-state index contributed by atoms with van der Waals surface area (Å²) in [5, 5.41) is 6.93. The number of nitrogens with one attached hydrogen (secondary N) is 1. The van der Waals surface area contributed by atoms with Crippen LogP contribution in [0, 0.1) is 0 Å². The van der Waals surface area contributed by atoms with Crippen molar-refractivity contribution < 1.29 is 4.52 Å². The summed E-state index contributed by atoms with van der Waals surface area (Å²) in [7, 11) is 0. The molecule has 1 aromatic carbocycles. The monoisotopic (exact) mass is 376 g/mol. The zero-order valence-corrected chi connectivity index (χ0v) is 14.4. The van der Waals surface area contributed by atoms with Gasteiger partial charge in [0.2, 0.25) is 11.7 Å². The van der Waals surface area contributed by atoms with E-state index in [9.17, 15) is 4.79 Å². The van der Waals surface area contributed by atoms with E-state index in [0.717, 1.165) is 5.56 Å². The molecule has 6 nitrogen and oxygen atoms in total. The number of benzene rings is 1. The van der Waals surface area contributed by atoms with E-state index in [2.05, 4.69) is 20.1 Å². The lowest BCUT2D eigenvalue weighted by Crippen LogP contribution is -2.07. The van der Waals surface area contributed by atoms with Crippen molar-refractivity contribution in [3.05, 3.63) is 57.0 Å². The lowest BCUT2D eigenvalue weighted by atomic mass is 10.2. The SMILES string of the molecule is O=c1[nH]c(SCc2nc(-c3cccc(Cl)c3)no2)nc2ccsc12. The number of H-pyrrole nitrogens is 1. The quantitative estimate of drug-likeness (QED) is 0.428. The summed E-state index contributed by atoms with van der Waals surface area (Å²) in [4.78, 5) is 23.4. The van der Waals surface area contributed by atoms with Crippen molar-refractivity contribution in [3.63, 3.8) is 0 Å². The van der Waals surface area contributed by atoms with Gasteiger partial charge in [-0.25, -0.2) is 4.98 Å². The van der Waals surface area contributed by atoms with Gasteiger partial charge in [0.15, 0.2) is 5.16 Å². The van der Waals surface area contributed by atoms with Gasteiger partial charge in [-0.2, -0.15) is 4.98 Å². The van der Waals surface area contributed by atoms with Crippen LogP contribution in [0.25, 0.3) is 21.6 Å². The van der Waals surface area contributed by atoms with E-state index in [4.69, 9.17) is 16.1 Å². The second kappa shape index (κ2) is 6.39. The minimum absolute atomic E-state index is 0.136. The van der Waals surface area contributed by atoms with Crippen molar-refractivity contribution in [1.82, 2.24) is 20.1 Å². The molecule has 0 aliphatic carbocycles. The molecule has 4 rings (SSSR count). The number of fused-ring (bicyclic) bond motifs is 1. The van der Waals surface area contributed by atoms with Crippen LogP contribution in [0.2, 0.25) is 5.02 Å². The summed E-state index contributed by atoms with van der Waals surface area (Å²) in [6, 6.07) is 9.06. The van der Waals surface area contributed by atoms with Gasteiger partial charge < -0.3 is 9.51 Å². The Hall–Kier alpha value is -2.16. The summed E-state index contributed by atoms with van der Waals surface area (Å²) in [6.45, 7) is 0. The fourth-order valence-electron chi connectivity index (χ4n) is 2.11. The number of hydrogen-bond acceptors (Lipinski definition) is 7. The van der Waals surface area contributed by atoms with E-state index in [1.54, 1.807) is 12.1 Å². The van der Waals surface area contributed by atoms with Crippen LogP contribution in [0.15, 0.2) is 50.2 Å². The maximum absolute atomic E-state index is 11.9. The molecule has 0 saturated carbocycles. The summed E-state index contributed by atoms with van der Waals surface area (Å²) in [5.74, 6) is 1.33. The van der Waals surface area contributed by atoms with Gasteiger partial charge in [0.25, 0.3) is 5.56 Å². The largest absolute Gasteiger partial charge is 0.338 e. The zero-order chi connectivity index (χ0) is 16.5. The van der Waals surface area contributed by atoms with E-state index < -0.39 is 0 Å². The van der Waals surface area contributed by atoms with Crippen molar-refractivity contribution in [2.75, 3.05) is 0 Å². The third-order valence-corrected chi connectivity index (χ3v) is 5.17. The molecule has 0 fully saturated rings. The van der Waals surface area contributed by atoms with Gasteiger partial charge >= 0.3 is 0 Å². The zero-order valence-electron chi connectivity index (χ0n) is 12.0.